The lowest BCUT2D eigenvalue weighted by Crippen LogP contribution is -2.43. The van der Waals surface area contributed by atoms with Gasteiger partial charge in [0.25, 0.3) is 0 Å². The highest BCUT2D eigenvalue weighted by Gasteiger charge is 2.43. The van der Waals surface area contributed by atoms with E-state index in [1.807, 2.05) is 6.07 Å². The van der Waals surface area contributed by atoms with E-state index in [1.54, 1.807) is 12.1 Å². The molecule has 1 spiro atoms. The van der Waals surface area contributed by atoms with Crippen LogP contribution < -0.4 is 0 Å². The summed E-state index contributed by atoms with van der Waals surface area (Å²) < 4.78 is 88.5. The minimum atomic E-state index is -5.08. The molecule has 3 aliphatic heterocycles. The number of carboxylic acid groups (broad SMARTS) is 2. The first-order chi connectivity index (χ1) is 18.1. The van der Waals surface area contributed by atoms with E-state index in [-0.39, 0.29) is 11.2 Å². The molecule has 0 radical (unpaired) electrons. The summed E-state index contributed by atoms with van der Waals surface area (Å²) in [5.41, 5.74) is 1.28. The number of rotatable bonds is 3. The van der Waals surface area contributed by atoms with E-state index in [0.717, 1.165) is 71.0 Å². The first kappa shape index (κ1) is 32.7. The number of halogens is 7. The fraction of sp³-hybridized carbons (Fsp3) is 0.667. The molecule has 1 unspecified atom stereocenters. The van der Waals surface area contributed by atoms with Crippen LogP contribution in [0.4, 0.5) is 30.7 Å². The van der Waals surface area contributed by atoms with Crippen molar-refractivity contribution in [3.05, 3.63) is 35.6 Å². The second-order valence-electron chi connectivity index (χ2n) is 9.56. The molecule has 2 N–H and O–H groups in total. The number of carboxylic acids is 2. The van der Waals surface area contributed by atoms with E-state index >= 15 is 0 Å². The summed E-state index contributed by atoms with van der Waals surface area (Å²) >= 11 is 0. The fourth-order valence-electron chi connectivity index (χ4n) is 4.69. The lowest BCUT2D eigenvalue weighted by Gasteiger charge is -2.35. The maximum Gasteiger partial charge on any atom is 0.490 e. The molecule has 0 aliphatic carbocycles. The van der Waals surface area contributed by atoms with Crippen molar-refractivity contribution >= 4 is 11.9 Å². The topological polar surface area (TPSA) is 99.5 Å². The van der Waals surface area contributed by atoms with Crippen LogP contribution in [0.2, 0.25) is 0 Å². The number of hydrogen-bond donors (Lipinski definition) is 2. The Kier molecular flexibility index (Phi) is 11.9. The van der Waals surface area contributed by atoms with Crippen molar-refractivity contribution in [2.24, 2.45) is 5.41 Å². The van der Waals surface area contributed by atoms with Gasteiger partial charge in [0.15, 0.2) is 0 Å². The third-order valence-electron chi connectivity index (χ3n) is 6.47. The number of benzene rings is 1. The van der Waals surface area contributed by atoms with Crippen molar-refractivity contribution in [2.45, 2.75) is 44.2 Å². The van der Waals surface area contributed by atoms with Crippen LogP contribution in [0.25, 0.3) is 0 Å². The molecule has 3 saturated heterocycles. The van der Waals surface area contributed by atoms with E-state index in [1.165, 1.54) is 19.0 Å². The maximum absolute atomic E-state index is 13.5. The Labute approximate surface area is 220 Å². The summed E-state index contributed by atoms with van der Waals surface area (Å²) in [7, 11) is 0. The predicted octanol–water partition coefficient (Wildman–Crippen LogP) is 3.80. The SMILES string of the molecule is Fc1cccc(CN2CCOCC3(CCN(C4CCOCC4)C3)C2)c1.O=C(O)C(F)(F)F.O=C(O)C(F)(F)F. The normalized spacial score (nSPS) is 23.3. The standard InChI is InChI=1S/C20H29FN2O2.2C2HF3O2/c21-18-3-1-2-17(12-18)13-22-8-11-25-16-20(14-22)6-7-23(15-20)19-4-9-24-10-5-19;2*3-2(4,5)1(6)7/h1-3,12,19H,4-11,13-16H2;2*(H,6,7). The third kappa shape index (κ3) is 11.3. The Balaban J connectivity index is 0.000000317. The molecule has 1 aromatic carbocycles. The lowest BCUT2D eigenvalue weighted by atomic mass is 9.87. The van der Waals surface area contributed by atoms with Gasteiger partial charge in [-0.2, -0.15) is 26.3 Å². The Morgan fingerprint density at radius 1 is 0.923 bits per heavy atom. The van der Waals surface area contributed by atoms with Crippen molar-refractivity contribution in [1.29, 1.82) is 0 Å². The molecule has 222 valence electrons. The number of aliphatic carboxylic acids is 2. The molecule has 3 fully saturated rings. The van der Waals surface area contributed by atoms with Crippen molar-refractivity contribution in [2.75, 3.05) is 52.6 Å². The van der Waals surface area contributed by atoms with Gasteiger partial charge in [0.05, 0.1) is 13.2 Å². The minimum Gasteiger partial charge on any atom is -0.475 e. The van der Waals surface area contributed by atoms with Gasteiger partial charge in [-0.1, -0.05) is 12.1 Å². The minimum absolute atomic E-state index is 0.148. The number of nitrogens with zero attached hydrogens (tertiary/aromatic N) is 2. The summed E-state index contributed by atoms with van der Waals surface area (Å²) in [6.45, 7) is 8.49. The van der Waals surface area contributed by atoms with Gasteiger partial charge in [-0.15, -0.1) is 0 Å². The zero-order valence-electron chi connectivity index (χ0n) is 20.9. The molecule has 0 amide bonds. The molecule has 3 aliphatic rings. The Hall–Kier alpha value is -2.49. The smallest absolute Gasteiger partial charge is 0.475 e. The molecule has 0 bridgehead atoms. The largest absolute Gasteiger partial charge is 0.490 e. The van der Waals surface area contributed by atoms with Gasteiger partial charge in [-0.25, -0.2) is 14.0 Å². The van der Waals surface area contributed by atoms with Gasteiger partial charge >= 0.3 is 24.3 Å². The first-order valence-corrected chi connectivity index (χ1v) is 12.1. The molecular weight excluding hydrogens is 545 g/mol. The van der Waals surface area contributed by atoms with Crippen LogP contribution in [0.1, 0.15) is 24.8 Å². The van der Waals surface area contributed by atoms with Crippen LogP contribution in [0.15, 0.2) is 24.3 Å². The molecule has 39 heavy (non-hydrogen) atoms. The van der Waals surface area contributed by atoms with Gasteiger partial charge in [0.1, 0.15) is 5.82 Å². The number of hydrogen-bond acceptors (Lipinski definition) is 6. The van der Waals surface area contributed by atoms with E-state index < -0.39 is 24.3 Å². The molecule has 8 nitrogen and oxygen atoms in total. The van der Waals surface area contributed by atoms with E-state index in [4.69, 9.17) is 29.3 Å². The predicted molar refractivity (Wildman–Crippen MR) is 122 cm³/mol. The van der Waals surface area contributed by atoms with Crippen molar-refractivity contribution < 1.29 is 60.0 Å². The highest BCUT2D eigenvalue weighted by Crippen LogP contribution is 2.36. The van der Waals surface area contributed by atoms with Gasteiger partial charge in [-0.05, 0) is 43.5 Å². The fourth-order valence-corrected chi connectivity index (χ4v) is 4.69. The number of ether oxygens (including phenoxy) is 2. The van der Waals surface area contributed by atoms with Gasteiger partial charge in [0.2, 0.25) is 0 Å². The Morgan fingerprint density at radius 2 is 1.51 bits per heavy atom. The Morgan fingerprint density at radius 3 is 2.05 bits per heavy atom. The van der Waals surface area contributed by atoms with Crippen LogP contribution in [0.5, 0.6) is 0 Å². The number of likely N-dealkylation sites (tertiary alicyclic amines) is 1. The second-order valence-corrected chi connectivity index (χ2v) is 9.56. The van der Waals surface area contributed by atoms with Crippen molar-refractivity contribution in [1.82, 2.24) is 9.80 Å². The third-order valence-corrected chi connectivity index (χ3v) is 6.47. The molecular formula is C24H31F7N2O6. The average Bonchev–Trinajstić information content (AvgIpc) is 3.15. The maximum atomic E-state index is 13.5. The molecule has 15 heteroatoms. The first-order valence-electron chi connectivity index (χ1n) is 12.1. The zero-order chi connectivity index (χ0) is 29.3. The quantitative estimate of drug-likeness (QED) is 0.525. The monoisotopic (exact) mass is 576 g/mol. The van der Waals surface area contributed by atoms with E-state index in [0.29, 0.717) is 6.04 Å². The van der Waals surface area contributed by atoms with E-state index in [2.05, 4.69) is 9.80 Å². The van der Waals surface area contributed by atoms with Crippen LogP contribution in [0.3, 0.4) is 0 Å². The number of carbonyl (C=O) groups is 2. The highest BCUT2D eigenvalue weighted by molar-refractivity contribution is 5.73. The van der Waals surface area contributed by atoms with Crippen molar-refractivity contribution in [3.8, 4) is 0 Å². The average molecular weight is 577 g/mol. The highest BCUT2D eigenvalue weighted by atomic mass is 19.4. The number of alkyl halides is 6. The summed E-state index contributed by atoms with van der Waals surface area (Å²) in [5, 5.41) is 14.2. The van der Waals surface area contributed by atoms with Crippen molar-refractivity contribution in [3.63, 3.8) is 0 Å². The Bertz CT molecular complexity index is 916. The van der Waals surface area contributed by atoms with Gasteiger partial charge in [-0.3, -0.25) is 9.80 Å². The van der Waals surface area contributed by atoms with E-state index in [9.17, 15) is 30.7 Å². The van der Waals surface area contributed by atoms with Crippen LogP contribution >= 0.6 is 0 Å². The molecule has 4 rings (SSSR count). The van der Waals surface area contributed by atoms with Gasteiger partial charge in [0, 0.05) is 50.8 Å². The summed E-state index contributed by atoms with van der Waals surface area (Å²) in [5.74, 6) is -5.66. The zero-order valence-corrected chi connectivity index (χ0v) is 20.9. The van der Waals surface area contributed by atoms with Crippen LogP contribution in [0, 0.1) is 11.2 Å². The molecule has 0 saturated carbocycles. The lowest BCUT2D eigenvalue weighted by molar-refractivity contribution is -0.193. The molecule has 1 atom stereocenters. The summed E-state index contributed by atoms with van der Waals surface area (Å²) in [6.07, 6.45) is -6.65. The molecule has 1 aromatic rings. The molecule has 3 heterocycles. The van der Waals surface area contributed by atoms with Crippen LogP contribution in [-0.4, -0.2) is 103 Å². The second kappa shape index (κ2) is 14.2. The van der Waals surface area contributed by atoms with Crippen LogP contribution in [-0.2, 0) is 25.6 Å². The summed E-state index contributed by atoms with van der Waals surface area (Å²) in [4.78, 5) is 22.9. The van der Waals surface area contributed by atoms with Gasteiger partial charge < -0.3 is 19.7 Å². The summed E-state index contributed by atoms with van der Waals surface area (Å²) in [6, 6.07) is 7.66. The molecule has 0 aromatic heterocycles.